The molecule has 14 heavy (non-hydrogen) atoms. The van der Waals surface area contributed by atoms with Gasteiger partial charge < -0.3 is 10.8 Å². The summed E-state index contributed by atoms with van der Waals surface area (Å²) in [6.07, 6.45) is 3.44. The fraction of sp³-hybridized carbons (Fsp3) is 0.667. The number of aliphatic hydroxyl groups excluding tert-OH is 1. The predicted octanol–water partition coefficient (Wildman–Crippen LogP) is 1.02. The zero-order valence-electron chi connectivity index (χ0n) is 8.13. The first-order valence-electron chi connectivity index (χ1n) is 4.65. The molecule has 1 aromatic rings. The molecule has 1 aliphatic rings. The van der Waals surface area contributed by atoms with Crippen molar-refractivity contribution in [3.05, 3.63) is 18.0 Å². The maximum Gasteiger partial charge on any atom is 0.0950 e. The van der Waals surface area contributed by atoms with Gasteiger partial charge in [-0.1, -0.05) is 0 Å². The van der Waals surface area contributed by atoms with Gasteiger partial charge in [-0.25, -0.2) is 0 Å². The van der Waals surface area contributed by atoms with Crippen LogP contribution in [0.3, 0.4) is 0 Å². The van der Waals surface area contributed by atoms with Crippen LogP contribution in [-0.4, -0.2) is 20.9 Å². The lowest BCUT2D eigenvalue weighted by molar-refractivity contribution is 0.188. The Labute approximate surface area is 89.5 Å². The third-order valence-corrected chi connectivity index (χ3v) is 2.58. The Kier molecular flexibility index (Phi) is 3.53. The standard InChI is InChI=1S/C9H15N3O.ClH/c1-6(13)9-2-3-12(11-9)8-4-7(10)5-8;/h2-3,6-8,13H,4-5,10H2,1H3;1H/t6?,7-,8-;. The van der Waals surface area contributed by atoms with Crippen molar-refractivity contribution in [3.63, 3.8) is 0 Å². The molecular weight excluding hydrogens is 202 g/mol. The van der Waals surface area contributed by atoms with E-state index in [-0.39, 0.29) is 12.4 Å². The van der Waals surface area contributed by atoms with Gasteiger partial charge in [-0.3, -0.25) is 4.68 Å². The molecule has 1 aliphatic carbocycles. The lowest BCUT2D eigenvalue weighted by Crippen LogP contribution is -2.37. The molecule has 1 saturated carbocycles. The Bertz CT molecular complexity index is 294. The van der Waals surface area contributed by atoms with E-state index in [1.54, 1.807) is 6.92 Å². The summed E-state index contributed by atoms with van der Waals surface area (Å²) >= 11 is 0. The smallest absolute Gasteiger partial charge is 0.0950 e. The second kappa shape index (κ2) is 4.29. The number of nitrogens with two attached hydrogens (primary N) is 1. The summed E-state index contributed by atoms with van der Waals surface area (Å²) in [6.45, 7) is 1.72. The first-order chi connectivity index (χ1) is 6.16. The summed E-state index contributed by atoms with van der Waals surface area (Å²) in [7, 11) is 0. The predicted molar refractivity (Wildman–Crippen MR) is 56.4 cm³/mol. The van der Waals surface area contributed by atoms with Crippen molar-refractivity contribution < 1.29 is 5.11 Å². The fourth-order valence-corrected chi connectivity index (χ4v) is 1.62. The van der Waals surface area contributed by atoms with Crippen molar-refractivity contribution >= 4 is 12.4 Å². The van der Waals surface area contributed by atoms with Crippen LogP contribution in [0.5, 0.6) is 0 Å². The van der Waals surface area contributed by atoms with Gasteiger partial charge in [0, 0.05) is 12.2 Å². The zero-order valence-corrected chi connectivity index (χ0v) is 8.94. The molecule has 1 atom stereocenters. The number of halogens is 1. The average molecular weight is 218 g/mol. The van der Waals surface area contributed by atoms with Crippen molar-refractivity contribution in [1.29, 1.82) is 0 Å². The molecule has 0 amide bonds. The molecule has 0 aliphatic heterocycles. The molecule has 0 saturated heterocycles. The summed E-state index contributed by atoms with van der Waals surface area (Å²) in [6, 6.07) is 2.64. The lowest BCUT2D eigenvalue weighted by atomic mass is 9.88. The number of nitrogens with zero attached hydrogens (tertiary/aromatic N) is 2. The van der Waals surface area contributed by atoms with Crippen LogP contribution in [0.25, 0.3) is 0 Å². The van der Waals surface area contributed by atoms with E-state index in [0.717, 1.165) is 18.5 Å². The van der Waals surface area contributed by atoms with E-state index in [9.17, 15) is 5.11 Å². The van der Waals surface area contributed by atoms with E-state index in [1.165, 1.54) is 0 Å². The minimum Gasteiger partial charge on any atom is -0.387 e. The molecule has 1 fully saturated rings. The van der Waals surface area contributed by atoms with Crippen molar-refractivity contribution in [2.24, 2.45) is 5.73 Å². The number of aromatic nitrogens is 2. The van der Waals surface area contributed by atoms with Gasteiger partial charge in [0.15, 0.2) is 0 Å². The van der Waals surface area contributed by atoms with Gasteiger partial charge in [0.25, 0.3) is 0 Å². The highest BCUT2D eigenvalue weighted by atomic mass is 35.5. The van der Waals surface area contributed by atoms with Gasteiger partial charge >= 0.3 is 0 Å². The van der Waals surface area contributed by atoms with E-state index < -0.39 is 6.10 Å². The van der Waals surface area contributed by atoms with E-state index in [2.05, 4.69) is 5.10 Å². The van der Waals surface area contributed by atoms with Crippen molar-refractivity contribution in [2.75, 3.05) is 0 Å². The molecule has 0 aromatic carbocycles. The molecule has 1 unspecified atom stereocenters. The normalized spacial score (nSPS) is 27.6. The van der Waals surface area contributed by atoms with E-state index in [1.807, 2.05) is 16.9 Å². The molecule has 1 heterocycles. The molecule has 2 rings (SSSR count). The van der Waals surface area contributed by atoms with Crippen molar-refractivity contribution in [2.45, 2.75) is 38.0 Å². The van der Waals surface area contributed by atoms with Gasteiger partial charge in [0.1, 0.15) is 0 Å². The number of hydrogen-bond donors (Lipinski definition) is 2. The van der Waals surface area contributed by atoms with Crippen molar-refractivity contribution in [1.82, 2.24) is 9.78 Å². The summed E-state index contributed by atoms with van der Waals surface area (Å²) in [5.74, 6) is 0. The van der Waals surface area contributed by atoms with Crippen LogP contribution >= 0.6 is 12.4 Å². The number of hydrogen-bond acceptors (Lipinski definition) is 3. The van der Waals surface area contributed by atoms with Crippen LogP contribution in [0.1, 0.15) is 37.6 Å². The van der Waals surface area contributed by atoms with Crippen molar-refractivity contribution in [3.8, 4) is 0 Å². The number of rotatable bonds is 2. The largest absolute Gasteiger partial charge is 0.387 e. The van der Waals surface area contributed by atoms with E-state index in [0.29, 0.717) is 12.1 Å². The summed E-state index contributed by atoms with van der Waals surface area (Å²) in [5, 5.41) is 13.5. The molecule has 0 spiro atoms. The highest BCUT2D eigenvalue weighted by molar-refractivity contribution is 5.85. The van der Waals surface area contributed by atoms with Gasteiger partial charge in [-0.05, 0) is 25.8 Å². The monoisotopic (exact) mass is 217 g/mol. The van der Waals surface area contributed by atoms with Crippen LogP contribution in [0.4, 0.5) is 0 Å². The average Bonchev–Trinajstić information content (AvgIpc) is 2.46. The SMILES string of the molecule is CC(O)c1ccn([C@H]2C[C@H](N)C2)n1.Cl. The highest BCUT2D eigenvalue weighted by Crippen LogP contribution is 2.30. The maximum absolute atomic E-state index is 9.26. The minimum atomic E-state index is -0.477. The molecule has 0 bridgehead atoms. The molecule has 1 aromatic heterocycles. The van der Waals surface area contributed by atoms with Crippen LogP contribution in [-0.2, 0) is 0 Å². The van der Waals surface area contributed by atoms with Gasteiger partial charge in [-0.2, -0.15) is 5.10 Å². The van der Waals surface area contributed by atoms with Gasteiger partial charge in [0.05, 0.1) is 17.8 Å². The molecule has 3 N–H and O–H groups in total. The third-order valence-electron chi connectivity index (χ3n) is 2.58. The quantitative estimate of drug-likeness (QED) is 0.778. The second-order valence-corrected chi connectivity index (χ2v) is 3.78. The first kappa shape index (κ1) is 11.5. The first-order valence-corrected chi connectivity index (χ1v) is 4.65. The van der Waals surface area contributed by atoms with E-state index >= 15 is 0 Å². The maximum atomic E-state index is 9.26. The number of aliphatic hydroxyl groups is 1. The highest BCUT2D eigenvalue weighted by Gasteiger charge is 2.28. The molecule has 5 heteroatoms. The van der Waals surface area contributed by atoms with E-state index in [4.69, 9.17) is 5.73 Å². The van der Waals surface area contributed by atoms with Crippen LogP contribution in [0, 0.1) is 0 Å². The fourth-order valence-electron chi connectivity index (χ4n) is 1.62. The summed E-state index contributed by atoms with van der Waals surface area (Å²) in [4.78, 5) is 0. The Morgan fingerprint density at radius 1 is 1.64 bits per heavy atom. The molecular formula is C9H16ClN3O. The Balaban J connectivity index is 0.000000980. The second-order valence-electron chi connectivity index (χ2n) is 3.78. The Morgan fingerprint density at radius 3 is 2.71 bits per heavy atom. The van der Waals surface area contributed by atoms with Crippen LogP contribution in [0.15, 0.2) is 12.3 Å². The topological polar surface area (TPSA) is 64.1 Å². The summed E-state index contributed by atoms with van der Waals surface area (Å²) < 4.78 is 1.91. The lowest BCUT2D eigenvalue weighted by Gasteiger charge is -2.32. The Morgan fingerprint density at radius 2 is 2.29 bits per heavy atom. The third kappa shape index (κ3) is 2.08. The molecule has 80 valence electrons. The zero-order chi connectivity index (χ0) is 9.42. The molecule has 0 radical (unpaired) electrons. The Hall–Kier alpha value is -0.580. The molecule has 4 nitrogen and oxygen atoms in total. The van der Waals surface area contributed by atoms with Crippen LogP contribution in [0.2, 0.25) is 0 Å². The van der Waals surface area contributed by atoms with Gasteiger partial charge in [0.2, 0.25) is 0 Å². The summed E-state index contributed by atoms with van der Waals surface area (Å²) in [5.41, 5.74) is 6.42. The van der Waals surface area contributed by atoms with Crippen LogP contribution < -0.4 is 5.73 Å². The van der Waals surface area contributed by atoms with Gasteiger partial charge in [-0.15, -0.1) is 12.4 Å². The minimum absolute atomic E-state index is 0.